The van der Waals surface area contributed by atoms with Crippen molar-refractivity contribution in [3.63, 3.8) is 0 Å². The number of carboxylic acid groups (broad SMARTS) is 1. The van der Waals surface area contributed by atoms with E-state index in [-0.39, 0.29) is 12.5 Å². The lowest BCUT2D eigenvalue weighted by Crippen LogP contribution is -2.52. The van der Waals surface area contributed by atoms with Crippen LogP contribution >= 0.6 is 0 Å². The number of carbonyl (C=O) groups excluding carboxylic acids is 2. The van der Waals surface area contributed by atoms with Crippen LogP contribution in [0.25, 0.3) is 0 Å². The van der Waals surface area contributed by atoms with Crippen molar-refractivity contribution in [2.24, 2.45) is 5.92 Å². The predicted octanol–water partition coefficient (Wildman–Crippen LogP) is -0.0271. The highest BCUT2D eigenvalue weighted by atomic mass is 16.5. The summed E-state index contributed by atoms with van der Waals surface area (Å²) < 4.78 is 9.28. The fourth-order valence-electron chi connectivity index (χ4n) is 1.53. The van der Waals surface area contributed by atoms with Crippen LogP contribution < -0.4 is 10.6 Å². The van der Waals surface area contributed by atoms with Gasteiger partial charge in [-0.2, -0.15) is 0 Å². The molecule has 116 valence electrons. The molecule has 0 aliphatic rings. The lowest BCUT2D eigenvalue weighted by Gasteiger charge is -2.20. The van der Waals surface area contributed by atoms with Gasteiger partial charge in [0.1, 0.15) is 6.04 Å². The van der Waals surface area contributed by atoms with Gasteiger partial charge in [0.05, 0.1) is 13.7 Å². The summed E-state index contributed by atoms with van der Waals surface area (Å²) in [5.74, 6) is -1.64. The number of methoxy groups -OCH3 is 2. The summed E-state index contributed by atoms with van der Waals surface area (Å²) in [6, 6.07) is -2.76. The van der Waals surface area contributed by atoms with E-state index < -0.39 is 30.1 Å². The van der Waals surface area contributed by atoms with Gasteiger partial charge in [-0.1, -0.05) is 13.8 Å². The highest BCUT2D eigenvalue weighted by Gasteiger charge is 2.25. The van der Waals surface area contributed by atoms with E-state index in [0.29, 0.717) is 6.42 Å². The maximum Gasteiger partial charge on any atom is 0.328 e. The van der Waals surface area contributed by atoms with Crippen LogP contribution in [0.1, 0.15) is 20.3 Å². The molecule has 0 fully saturated rings. The number of rotatable bonds is 8. The van der Waals surface area contributed by atoms with Crippen molar-refractivity contribution in [1.82, 2.24) is 10.6 Å². The highest BCUT2D eigenvalue weighted by molar-refractivity contribution is 5.86. The fourth-order valence-corrected chi connectivity index (χ4v) is 1.53. The second kappa shape index (κ2) is 9.13. The van der Waals surface area contributed by atoms with Crippen molar-refractivity contribution in [1.29, 1.82) is 0 Å². The lowest BCUT2D eigenvalue weighted by molar-refractivity contribution is -0.143. The molecule has 0 aromatic carbocycles. The smallest absolute Gasteiger partial charge is 0.328 e. The standard InChI is InChI=1S/C12H22N2O6/c1-7(2)5-8(11(17)20-4)13-12(18)14-9(6-19-3)10(15)16/h7-9H,5-6H2,1-4H3,(H,15,16)(H2,13,14,18). The molecule has 2 unspecified atom stereocenters. The second-order valence-corrected chi connectivity index (χ2v) is 4.67. The zero-order valence-electron chi connectivity index (χ0n) is 12.1. The van der Waals surface area contributed by atoms with Gasteiger partial charge in [-0.25, -0.2) is 14.4 Å². The third-order valence-corrected chi connectivity index (χ3v) is 2.43. The van der Waals surface area contributed by atoms with Crippen LogP contribution in [-0.2, 0) is 19.1 Å². The Labute approximate surface area is 117 Å². The first-order valence-corrected chi connectivity index (χ1v) is 6.18. The SMILES string of the molecule is COCC(NC(=O)NC(CC(C)C)C(=O)OC)C(=O)O. The number of carboxylic acids is 1. The Bertz CT molecular complexity index is 345. The minimum absolute atomic E-state index is 0.161. The summed E-state index contributed by atoms with van der Waals surface area (Å²) in [6.45, 7) is 3.61. The summed E-state index contributed by atoms with van der Waals surface area (Å²) in [7, 11) is 2.55. The first-order chi connectivity index (χ1) is 9.31. The van der Waals surface area contributed by atoms with Crippen molar-refractivity contribution in [2.75, 3.05) is 20.8 Å². The largest absolute Gasteiger partial charge is 0.480 e. The average molecular weight is 290 g/mol. The zero-order chi connectivity index (χ0) is 15.7. The highest BCUT2D eigenvalue weighted by Crippen LogP contribution is 2.06. The van der Waals surface area contributed by atoms with Crippen LogP contribution in [0.15, 0.2) is 0 Å². The van der Waals surface area contributed by atoms with Gasteiger partial charge in [-0.05, 0) is 12.3 Å². The molecule has 0 saturated carbocycles. The normalized spacial score (nSPS) is 13.4. The molecule has 0 spiro atoms. The lowest BCUT2D eigenvalue weighted by atomic mass is 10.0. The van der Waals surface area contributed by atoms with Gasteiger partial charge in [-0.15, -0.1) is 0 Å². The Morgan fingerprint density at radius 3 is 2.05 bits per heavy atom. The van der Waals surface area contributed by atoms with Crippen molar-refractivity contribution < 1.29 is 29.0 Å². The maximum absolute atomic E-state index is 11.7. The topological polar surface area (TPSA) is 114 Å². The van der Waals surface area contributed by atoms with Crippen LogP contribution in [0.3, 0.4) is 0 Å². The van der Waals surface area contributed by atoms with Crippen molar-refractivity contribution in [3.8, 4) is 0 Å². The third-order valence-electron chi connectivity index (χ3n) is 2.43. The number of aliphatic carboxylic acids is 1. The Kier molecular flexibility index (Phi) is 8.30. The van der Waals surface area contributed by atoms with Gasteiger partial charge in [0.25, 0.3) is 0 Å². The number of amides is 2. The molecule has 0 radical (unpaired) electrons. The van der Waals surface area contributed by atoms with Gasteiger partial charge in [0.15, 0.2) is 6.04 Å². The molecule has 0 aromatic rings. The first kappa shape index (κ1) is 18.2. The van der Waals surface area contributed by atoms with E-state index in [1.54, 1.807) is 0 Å². The summed E-state index contributed by atoms with van der Waals surface area (Å²) >= 11 is 0. The second-order valence-electron chi connectivity index (χ2n) is 4.67. The molecule has 0 aliphatic carbocycles. The Balaban J connectivity index is 4.58. The van der Waals surface area contributed by atoms with E-state index >= 15 is 0 Å². The number of ether oxygens (including phenoxy) is 2. The first-order valence-electron chi connectivity index (χ1n) is 6.18. The summed E-state index contributed by atoms with van der Waals surface area (Å²) in [5, 5.41) is 13.5. The summed E-state index contributed by atoms with van der Waals surface area (Å²) in [5.41, 5.74) is 0. The van der Waals surface area contributed by atoms with Gasteiger partial charge in [0, 0.05) is 7.11 Å². The quantitative estimate of drug-likeness (QED) is 0.541. The predicted molar refractivity (Wildman–Crippen MR) is 70.2 cm³/mol. The Morgan fingerprint density at radius 2 is 1.65 bits per heavy atom. The van der Waals surface area contributed by atoms with E-state index in [2.05, 4.69) is 20.1 Å². The van der Waals surface area contributed by atoms with E-state index in [9.17, 15) is 14.4 Å². The summed E-state index contributed by atoms with van der Waals surface area (Å²) in [4.78, 5) is 34.1. The van der Waals surface area contributed by atoms with E-state index in [1.165, 1.54) is 14.2 Å². The minimum atomic E-state index is -1.22. The fraction of sp³-hybridized carbons (Fsp3) is 0.750. The van der Waals surface area contributed by atoms with Crippen molar-refractivity contribution in [2.45, 2.75) is 32.4 Å². The monoisotopic (exact) mass is 290 g/mol. The minimum Gasteiger partial charge on any atom is -0.480 e. The number of hydrogen-bond donors (Lipinski definition) is 3. The maximum atomic E-state index is 11.7. The van der Waals surface area contributed by atoms with Crippen LogP contribution in [0.4, 0.5) is 4.79 Å². The molecule has 0 bridgehead atoms. The Morgan fingerprint density at radius 1 is 1.10 bits per heavy atom. The van der Waals surface area contributed by atoms with Crippen LogP contribution in [0.5, 0.6) is 0 Å². The number of carbonyl (C=O) groups is 3. The molecule has 3 N–H and O–H groups in total. The molecule has 0 saturated heterocycles. The zero-order valence-corrected chi connectivity index (χ0v) is 12.1. The van der Waals surface area contributed by atoms with Crippen LogP contribution in [-0.4, -0.2) is 56.0 Å². The van der Waals surface area contributed by atoms with Crippen molar-refractivity contribution >= 4 is 18.0 Å². The average Bonchev–Trinajstić information content (AvgIpc) is 2.35. The molecule has 0 rings (SSSR count). The number of hydrogen-bond acceptors (Lipinski definition) is 5. The van der Waals surface area contributed by atoms with E-state index in [0.717, 1.165) is 0 Å². The number of esters is 1. The van der Waals surface area contributed by atoms with E-state index in [4.69, 9.17) is 5.11 Å². The van der Waals surface area contributed by atoms with Crippen LogP contribution in [0.2, 0.25) is 0 Å². The van der Waals surface area contributed by atoms with E-state index in [1.807, 2.05) is 13.8 Å². The molecule has 20 heavy (non-hydrogen) atoms. The molecule has 0 aliphatic heterocycles. The van der Waals surface area contributed by atoms with Gasteiger partial charge < -0.3 is 25.2 Å². The van der Waals surface area contributed by atoms with Gasteiger partial charge >= 0.3 is 18.0 Å². The van der Waals surface area contributed by atoms with Gasteiger partial charge in [0.2, 0.25) is 0 Å². The third kappa shape index (κ3) is 6.93. The molecule has 8 nitrogen and oxygen atoms in total. The molecule has 0 aromatic heterocycles. The molecule has 0 heterocycles. The molecular formula is C12H22N2O6. The molecule has 2 amide bonds. The number of urea groups is 1. The van der Waals surface area contributed by atoms with Crippen molar-refractivity contribution in [3.05, 3.63) is 0 Å². The summed E-state index contributed by atoms with van der Waals surface area (Å²) in [6.07, 6.45) is 0.391. The molecule has 2 atom stereocenters. The molecular weight excluding hydrogens is 268 g/mol. The van der Waals surface area contributed by atoms with Crippen LogP contribution in [0, 0.1) is 5.92 Å². The molecule has 8 heteroatoms. The Hall–Kier alpha value is -1.83. The number of nitrogens with one attached hydrogen (secondary N) is 2. The van der Waals surface area contributed by atoms with Gasteiger partial charge in [-0.3, -0.25) is 0 Å².